The summed E-state index contributed by atoms with van der Waals surface area (Å²) >= 11 is 0. The Labute approximate surface area is 200 Å². The van der Waals surface area contributed by atoms with Gasteiger partial charge in [-0.2, -0.15) is 13.8 Å². The van der Waals surface area contributed by atoms with Crippen molar-refractivity contribution in [3.05, 3.63) is 54.0 Å². The van der Waals surface area contributed by atoms with Gasteiger partial charge in [0.15, 0.2) is 0 Å². The molecule has 1 aliphatic rings. The van der Waals surface area contributed by atoms with Crippen LogP contribution in [-0.2, 0) is 6.54 Å². The van der Waals surface area contributed by atoms with Crippen molar-refractivity contribution in [2.45, 2.75) is 20.1 Å². The molecule has 4 heterocycles. The number of nitrogens with zero attached hydrogens (tertiary/aromatic N) is 8. The highest BCUT2D eigenvalue weighted by Crippen LogP contribution is 2.24. The number of aryl methyl sites for hydroxylation is 1. The molecule has 35 heavy (non-hydrogen) atoms. The Balaban J connectivity index is 1.30. The monoisotopic (exact) mass is 482 g/mol. The van der Waals surface area contributed by atoms with Gasteiger partial charge in [-0.05, 0) is 55.9 Å². The van der Waals surface area contributed by atoms with Gasteiger partial charge in [-0.25, -0.2) is 14.6 Å². The highest BCUT2D eigenvalue weighted by Gasteiger charge is 2.18. The summed E-state index contributed by atoms with van der Waals surface area (Å²) in [7, 11) is 2.13. The van der Waals surface area contributed by atoms with E-state index in [1.54, 1.807) is 16.8 Å². The summed E-state index contributed by atoms with van der Waals surface area (Å²) in [4.78, 5) is 18.0. The predicted molar refractivity (Wildman–Crippen MR) is 123 cm³/mol. The molecule has 0 spiro atoms. The van der Waals surface area contributed by atoms with E-state index in [4.69, 9.17) is 4.52 Å². The Morgan fingerprint density at radius 2 is 1.80 bits per heavy atom. The Morgan fingerprint density at radius 3 is 2.54 bits per heavy atom. The van der Waals surface area contributed by atoms with Crippen LogP contribution in [0.2, 0.25) is 0 Å². The quantitative estimate of drug-likeness (QED) is 0.393. The van der Waals surface area contributed by atoms with Crippen LogP contribution in [0.25, 0.3) is 23.1 Å². The number of piperazine rings is 1. The number of aromatic nitrogens is 6. The third-order valence-electron chi connectivity index (χ3n) is 5.78. The molecule has 0 atom stereocenters. The molecule has 4 aromatic rings. The molecule has 1 saturated heterocycles. The molecule has 1 fully saturated rings. The number of ether oxygens (including phenoxy) is 1. The van der Waals surface area contributed by atoms with E-state index in [0.717, 1.165) is 37.6 Å². The van der Waals surface area contributed by atoms with E-state index in [1.807, 2.05) is 19.2 Å². The van der Waals surface area contributed by atoms with E-state index in [2.05, 4.69) is 52.9 Å². The van der Waals surface area contributed by atoms with Crippen LogP contribution in [0.5, 0.6) is 5.75 Å². The molecule has 0 bridgehead atoms. The van der Waals surface area contributed by atoms with Crippen LogP contribution in [0.15, 0.2) is 47.1 Å². The summed E-state index contributed by atoms with van der Waals surface area (Å²) in [5, 5.41) is 8.51. The zero-order valence-corrected chi connectivity index (χ0v) is 19.3. The first-order valence-corrected chi connectivity index (χ1v) is 11.1. The zero-order chi connectivity index (χ0) is 24.4. The minimum Gasteiger partial charge on any atom is -0.435 e. The van der Waals surface area contributed by atoms with Gasteiger partial charge in [0.2, 0.25) is 11.6 Å². The molecule has 1 aromatic carbocycles. The number of hydrogen-bond donors (Lipinski definition) is 0. The van der Waals surface area contributed by atoms with E-state index in [9.17, 15) is 8.78 Å². The van der Waals surface area contributed by atoms with Gasteiger partial charge in [0, 0.05) is 37.9 Å². The summed E-state index contributed by atoms with van der Waals surface area (Å²) in [6.07, 6.45) is 1.82. The first-order valence-electron chi connectivity index (χ1n) is 11.1. The van der Waals surface area contributed by atoms with E-state index >= 15 is 0 Å². The standard InChI is InChI=1S/C23H24F2N8O2/c1-15-27-21(22-28-20(30-35-22)17-3-5-18(6-4-17)34-23(24)25)29-33(15)14-16-7-8-26-19(13-16)32-11-9-31(2)10-12-32/h3-8,13,23H,9-12,14H2,1-2H3. The number of likely N-dealkylation sites (N-methyl/N-ethyl adjacent to an activating group) is 1. The van der Waals surface area contributed by atoms with E-state index in [-0.39, 0.29) is 11.6 Å². The molecule has 10 nitrogen and oxygen atoms in total. The molecule has 0 radical (unpaired) electrons. The lowest BCUT2D eigenvalue weighted by atomic mass is 10.2. The smallest absolute Gasteiger partial charge is 0.387 e. The lowest BCUT2D eigenvalue weighted by Gasteiger charge is -2.33. The largest absolute Gasteiger partial charge is 0.435 e. The van der Waals surface area contributed by atoms with E-state index in [0.29, 0.717) is 29.6 Å². The minimum absolute atomic E-state index is 0.0513. The van der Waals surface area contributed by atoms with E-state index < -0.39 is 6.61 Å². The van der Waals surface area contributed by atoms with Crippen molar-refractivity contribution < 1.29 is 18.0 Å². The molecule has 0 aliphatic carbocycles. The average Bonchev–Trinajstić information content (AvgIpc) is 3.47. The van der Waals surface area contributed by atoms with Crippen molar-refractivity contribution >= 4 is 5.82 Å². The second-order valence-corrected chi connectivity index (χ2v) is 8.28. The van der Waals surface area contributed by atoms with Crippen molar-refractivity contribution in [2.24, 2.45) is 0 Å². The number of rotatable bonds is 7. The third-order valence-corrected chi connectivity index (χ3v) is 5.78. The minimum atomic E-state index is -2.88. The Hall–Kier alpha value is -3.93. The third kappa shape index (κ3) is 5.27. The van der Waals surface area contributed by atoms with Crippen LogP contribution in [0, 0.1) is 6.92 Å². The number of pyridine rings is 1. The zero-order valence-electron chi connectivity index (χ0n) is 19.3. The van der Waals surface area contributed by atoms with Gasteiger partial charge in [0.1, 0.15) is 17.4 Å². The van der Waals surface area contributed by atoms with Gasteiger partial charge in [-0.15, -0.1) is 5.10 Å². The van der Waals surface area contributed by atoms with Gasteiger partial charge in [0.05, 0.1) is 6.54 Å². The average molecular weight is 482 g/mol. The van der Waals surface area contributed by atoms with Crippen LogP contribution in [0.4, 0.5) is 14.6 Å². The maximum Gasteiger partial charge on any atom is 0.387 e. The van der Waals surface area contributed by atoms with Crippen molar-refractivity contribution in [1.29, 1.82) is 0 Å². The van der Waals surface area contributed by atoms with Crippen molar-refractivity contribution in [1.82, 2.24) is 34.8 Å². The van der Waals surface area contributed by atoms with Crippen LogP contribution in [0.3, 0.4) is 0 Å². The van der Waals surface area contributed by atoms with Gasteiger partial charge in [-0.1, -0.05) is 5.16 Å². The molecule has 0 N–H and O–H groups in total. The summed E-state index contributed by atoms with van der Waals surface area (Å²) in [6.45, 7) is 3.41. The van der Waals surface area contributed by atoms with Crippen LogP contribution < -0.4 is 9.64 Å². The highest BCUT2D eigenvalue weighted by atomic mass is 19.3. The normalized spacial score (nSPS) is 14.6. The Bertz CT molecular complexity index is 1280. The molecule has 0 saturated carbocycles. The Kier molecular flexibility index (Phi) is 6.36. The molecule has 0 amide bonds. The fourth-order valence-corrected chi connectivity index (χ4v) is 3.82. The molecule has 182 valence electrons. The summed E-state index contributed by atoms with van der Waals surface area (Å²) in [5.41, 5.74) is 1.65. The second-order valence-electron chi connectivity index (χ2n) is 8.28. The summed E-state index contributed by atoms with van der Waals surface area (Å²) in [5.74, 6) is 2.49. The molecular formula is C23H24F2N8O2. The number of anilines is 1. The molecule has 0 unspecified atom stereocenters. The molecule has 12 heteroatoms. The Morgan fingerprint density at radius 1 is 1.03 bits per heavy atom. The molecule has 3 aromatic heterocycles. The van der Waals surface area contributed by atoms with Gasteiger partial charge in [-0.3, -0.25) is 0 Å². The molecule has 1 aliphatic heterocycles. The molecule has 5 rings (SSSR count). The van der Waals surface area contributed by atoms with Crippen molar-refractivity contribution in [2.75, 3.05) is 38.1 Å². The maximum absolute atomic E-state index is 12.3. The van der Waals surface area contributed by atoms with Crippen LogP contribution in [0.1, 0.15) is 11.4 Å². The lowest BCUT2D eigenvalue weighted by molar-refractivity contribution is -0.0498. The summed E-state index contributed by atoms with van der Waals surface area (Å²) < 4.78 is 36.2. The first-order chi connectivity index (χ1) is 16.9. The van der Waals surface area contributed by atoms with Crippen LogP contribution in [-0.4, -0.2) is 74.6 Å². The first kappa shape index (κ1) is 22.8. The van der Waals surface area contributed by atoms with Crippen molar-refractivity contribution in [3.63, 3.8) is 0 Å². The van der Waals surface area contributed by atoms with Crippen molar-refractivity contribution in [3.8, 4) is 28.9 Å². The topological polar surface area (TPSA) is 98.2 Å². The van der Waals surface area contributed by atoms with Gasteiger partial charge in [0.25, 0.3) is 5.89 Å². The van der Waals surface area contributed by atoms with Crippen LogP contribution >= 0.6 is 0 Å². The van der Waals surface area contributed by atoms with E-state index in [1.165, 1.54) is 12.1 Å². The predicted octanol–water partition coefficient (Wildman–Crippen LogP) is 3.10. The van der Waals surface area contributed by atoms with Gasteiger partial charge >= 0.3 is 6.61 Å². The number of alkyl halides is 2. The second kappa shape index (κ2) is 9.74. The number of halogens is 2. The highest BCUT2D eigenvalue weighted by molar-refractivity contribution is 5.57. The molecular weight excluding hydrogens is 458 g/mol. The number of benzene rings is 1. The maximum atomic E-state index is 12.3. The fourth-order valence-electron chi connectivity index (χ4n) is 3.82. The summed E-state index contributed by atoms with van der Waals surface area (Å²) in [6, 6.07) is 10.0. The SMILES string of the molecule is Cc1nc(-c2nc(-c3ccc(OC(F)F)cc3)no2)nn1Cc1ccnc(N2CCN(C)CC2)c1. The number of hydrogen-bond acceptors (Lipinski definition) is 9. The van der Waals surface area contributed by atoms with Gasteiger partial charge < -0.3 is 19.1 Å². The fraction of sp³-hybridized carbons (Fsp3) is 0.348. The lowest BCUT2D eigenvalue weighted by Crippen LogP contribution is -2.44.